The predicted molar refractivity (Wildman–Crippen MR) is 59.8 cm³/mol. The molecule has 1 saturated carbocycles. The zero-order chi connectivity index (χ0) is 9.90. The van der Waals surface area contributed by atoms with Crippen LogP contribution in [0, 0.1) is 17.3 Å². The van der Waals surface area contributed by atoms with Gasteiger partial charge in [0.2, 0.25) is 0 Å². The molecule has 0 heterocycles. The monoisotopic (exact) mass is 182 g/mol. The van der Waals surface area contributed by atoms with Crippen LogP contribution in [0.2, 0.25) is 0 Å². The van der Waals surface area contributed by atoms with E-state index in [2.05, 4.69) is 27.7 Å². The van der Waals surface area contributed by atoms with E-state index in [1.165, 1.54) is 38.5 Å². The Morgan fingerprint density at radius 3 is 2.08 bits per heavy atom. The first-order valence-electron chi connectivity index (χ1n) is 6.03. The van der Waals surface area contributed by atoms with Crippen LogP contribution < -0.4 is 0 Å². The molecule has 0 aliphatic heterocycles. The fourth-order valence-corrected chi connectivity index (χ4v) is 2.45. The van der Waals surface area contributed by atoms with Crippen LogP contribution in [0.3, 0.4) is 0 Å². The zero-order valence-electron chi connectivity index (χ0n) is 9.90. The highest BCUT2D eigenvalue weighted by Gasteiger charge is 2.28. The lowest BCUT2D eigenvalue weighted by atomic mass is 9.69. The summed E-state index contributed by atoms with van der Waals surface area (Å²) in [5, 5.41) is 0. The summed E-state index contributed by atoms with van der Waals surface area (Å²) in [5.41, 5.74) is 0.547. The van der Waals surface area contributed by atoms with Gasteiger partial charge in [0.15, 0.2) is 0 Å². The van der Waals surface area contributed by atoms with Crippen molar-refractivity contribution >= 4 is 0 Å². The predicted octanol–water partition coefficient (Wildman–Crippen LogP) is 4.64. The maximum atomic E-state index is 2.35. The van der Waals surface area contributed by atoms with Gasteiger partial charge in [-0.3, -0.25) is 0 Å². The van der Waals surface area contributed by atoms with Crippen LogP contribution in [0.4, 0.5) is 0 Å². The Balaban J connectivity index is 2.06. The Labute approximate surface area is 84.1 Å². The highest BCUT2D eigenvalue weighted by molar-refractivity contribution is 4.79. The number of hydrogen-bond donors (Lipinski definition) is 0. The Hall–Kier alpha value is 0. The topological polar surface area (TPSA) is 0 Å². The highest BCUT2D eigenvalue weighted by atomic mass is 14.3. The lowest BCUT2D eigenvalue weighted by Gasteiger charge is -2.36. The van der Waals surface area contributed by atoms with Crippen molar-refractivity contribution in [1.82, 2.24) is 0 Å². The van der Waals surface area contributed by atoms with E-state index in [0.29, 0.717) is 5.41 Å². The first-order chi connectivity index (χ1) is 6.03. The zero-order valence-corrected chi connectivity index (χ0v) is 9.90. The third kappa shape index (κ3) is 3.70. The average molecular weight is 182 g/mol. The van der Waals surface area contributed by atoms with Gasteiger partial charge in [0, 0.05) is 0 Å². The van der Waals surface area contributed by atoms with Crippen LogP contribution in [0.15, 0.2) is 0 Å². The summed E-state index contributed by atoms with van der Waals surface area (Å²) >= 11 is 0. The molecule has 13 heavy (non-hydrogen) atoms. The quantitative estimate of drug-likeness (QED) is 0.594. The van der Waals surface area contributed by atoms with Crippen LogP contribution in [0.1, 0.15) is 66.2 Å². The average Bonchev–Trinajstić information content (AvgIpc) is 1.95. The molecule has 1 aliphatic carbocycles. The Morgan fingerprint density at radius 2 is 1.69 bits per heavy atom. The second kappa shape index (κ2) is 4.48. The van der Waals surface area contributed by atoms with Gasteiger partial charge in [-0.05, 0) is 36.5 Å². The van der Waals surface area contributed by atoms with Crippen molar-refractivity contribution in [2.45, 2.75) is 66.2 Å². The molecule has 0 bridgehead atoms. The van der Waals surface area contributed by atoms with Crippen molar-refractivity contribution in [3.63, 3.8) is 0 Å². The molecule has 0 heteroatoms. The molecule has 0 aromatic carbocycles. The molecule has 0 saturated heterocycles. The minimum absolute atomic E-state index is 0.547. The first-order valence-corrected chi connectivity index (χ1v) is 6.03. The summed E-state index contributed by atoms with van der Waals surface area (Å²) in [5.74, 6) is 2.17. The van der Waals surface area contributed by atoms with E-state index < -0.39 is 0 Å². The standard InChI is InChI=1S/C13H26/c1-5-11-8-9-12(11)7-6-10-13(2,3)4/h11-12H,5-10H2,1-4H3. The molecule has 0 aromatic rings. The van der Waals surface area contributed by atoms with E-state index >= 15 is 0 Å². The van der Waals surface area contributed by atoms with Crippen molar-refractivity contribution in [2.24, 2.45) is 17.3 Å². The van der Waals surface area contributed by atoms with Crippen molar-refractivity contribution < 1.29 is 0 Å². The smallest absolute Gasteiger partial charge is 0.0383 e. The summed E-state index contributed by atoms with van der Waals surface area (Å²) in [4.78, 5) is 0. The molecule has 0 amide bonds. The van der Waals surface area contributed by atoms with Crippen LogP contribution in [0.5, 0.6) is 0 Å². The van der Waals surface area contributed by atoms with Gasteiger partial charge in [0.25, 0.3) is 0 Å². The van der Waals surface area contributed by atoms with Gasteiger partial charge in [0.05, 0.1) is 0 Å². The fraction of sp³-hybridized carbons (Fsp3) is 1.00. The second-order valence-electron chi connectivity index (χ2n) is 5.96. The molecule has 1 fully saturated rings. The summed E-state index contributed by atoms with van der Waals surface area (Å²) in [6, 6.07) is 0. The third-order valence-corrected chi connectivity index (χ3v) is 3.60. The van der Waals surface area contributed by atoms with Gasteiger partial charge < -0.3 is 0 Å². The maximum Gasteiger partial charge on any atom is -0.0383 e. The Kier molecular flexibility index (Phi) is 3.82. The number of hydrogen-bond acceptors (Lipinski definition) is 0. The van der Waals surface area contributed by atoms with Gasteiger partial charge in [-0.1, -0.05) is 47.0 Å². The second-order valence-corrected chi connectivity index (χ2v) is 5.96. The van der Waals surface area contributed by atoms with Gasteiger partial charge in [-0.25, -0.2) is 0 Å². The SMILES string of the molecule is CCC1CCC1CCCC(C)(C)C. The lowest BCUT2D eigenvalue weighted by Crippen LogP contribution is -2.25. The van der Waals surface area contributed by atoms with E-state index in [1.807, 2.05) is 0 Å². The van der Waals surface area contributed by atoms with Crippen molar-refractivity contribution in [2.75, 3.05) is 0 Å². The molecule has 0 N–H and O–H groups in total. The van der Waals surface area contributed by atoms with Gasteiger partial charge in [-0.2, -0.15) is 0 Å². The molecule has 2 atom stereocenters. The molecule has 1 aliphatic rings. The Bertz CT molecular complexity index is 139. The van der Waals surface area contributed by atoms with Crippen LogP contribution in [-0.2, 0) is 0 Å². The minimum Gasteiger partial charge on any atom is -0.0651 e. The van der Waals surface area contributed by atoms with Gasteiger partial charge >= 0.3 is 0 Å². The fourth-order valence-electron chi connectivity index (χ4n) is 2.45. The van der Waals surface area contributed by atoms with Gasteiger partial charge in [0.1, 0.15) is 0 Å². The summed E-state index contributed by atoms with van der Waals surface area (Å²) in [6.07, 6.45) is 8.79. The first kappa shape index (κ1) is 11.1. The van der Waals surface area contributed by atoms with Crippen molar-refractivity contribution in [3.8, 4) is 0 Å². The van der Waals surface area contributed by atoms with E-state index in [0.717, 1.165) is 11.8 Å². The molecule has 78 valence electrons. The van der Waals surface area contributed by atoms with Crippen LogP contribution >= 0.6 is 0 Å². The summed E-state index contributed by atoms with van der Waals surface area (Å²) < 4.78 is 0. The lowest BCUT2D eigenvalue weighted by molar-refractivity contribution is 0.149. The molecule has 1 rings (SSSR count). The summed E-state index contributed by atoms with van der Waals surface area (Å²) in [6.45, 7) is 9.40. The van der Waals surface area contributed by atoms with E-state index in [-0.39, 0.29) is 0 Å². The van der Waals surface area contributed by atoms with Gasteiger partial charge in [-0.15, -0.1) is 0 Å². The van der Waals surface area contributed by atoms with Crippen molar-refractivity contribution in [1.29, 1.82) is 0 Å². The highest BCUT2D eigenvalue weighted by Crippen LogP contribution is 2.40. The van der Waals surface area contributed by atoms with E-state index in [9.17, 15) is 0 Å². The van der Waals surface area contributed by atoms with Crippen LogP contribution in [-0.4, -0.2) is 0 Å². The van der Waals surface area contributed by atoms with E-state index in [4.69, 9.17) is 0 Å². The van der Waals surface area contributed by atoms with Crippen molar-refractivity contribution in [3.05, 3.63) is 0 Å². The molecular weight excluding hydrogens is 156 g/mol. The molecule has 0 nitrogen and oxygen atoms in total. The molecule has 0 radical (unpaired) electrons. The maximum absolute atomic E-state index is 2.35. The molecule has 2 unspecified atom stereocenters. The largest absolute Gasteiger partial charge is 0.0651 e. The summed E-state index contributed by atoms with van der Waals surface area (Å²) in [7, 11) is 0. The molecular formula is C13H26. The molecule has 0 aromatic heterocycles. The van der Waals surface area contributed by atoms with E-state index in [1.54, 1.807) is 0 Å². The number of rotatable bonds is 4. The Morgan fingerprint density at radius 1 is 1.08 bits per heavy atom. The van der Waals surface area contributed by atoms with Crippen LogP contribution in [0.25, 0.3) is 0 Å². The minimum atomic E-state index is 0.547. The normalized spacial score (nSPS) is 28.6. The third-order valence-electron chi connectivity index (χ3n) is 3.60. The molecule has 0 spiro atoms.